The molecule has 2 atom stereocenters. The normalized spacial score (nSPS) is 19.0. The van der Waals surface area contributed by atoms with E-state index in [9.17, 15) is 19.1 Å². The average Bonchev–Trinajstić information content (AvgIpc) is 3.84. The van der Waals surface area contributed by atoms with E-state index in [1.54, 1.807) is 53.6 Å². The lowest BCUT2D eigenvalue weighted by molar-refractivity contribution is -0.142. The van der Waals surface area contributed by atoms with Gasteiger partial charge in [0, 0.05) is 78.8 Å². The van der Waals surface area contributed by atoms with Gasteiger partial charge in [0.05, 0.1) is 24.6 Å². The number of likely N-dealkylation sites (tertiary alicyclic amines) is 2. The molecule has 4 aromatic heterocycles. The molecule has 2 aromatic carbocycles. The van der Waals surface area contributed by atoms with Crippen molar-refractivity contribution in [3.05, 3.63) is 124 Å². The van der Waals surface area contributed by atoms with Crippen LogP contribution in [0.4, 0.5) is 4.39 Å². The molecule has 6 heterocycles. The van der Waals surface area contributed by atoms with Gasteiger partial charge in [0.15, 0.2) is 5.65 Å². The molecule has 8 rings (SSSR count). The molecule has 2 saturated heterocycles. The molecule has 11 nitrogen and oxygen atoms in total. The Labute approximate surface area is 310 Å². The van der Waals surface area contributed by atoms with Crippen LogP contribution in [-0.4, -0.2) is 83.8 Å². The van der Waals surface area contributed by atoms with Gasteiger partial charge >= 0.3 is 0 Å². The van der Waals surface area contributed by atoms with Gasteiger partial charge in [-0.3, -0.25) is 19.1 Å². The van der Waals surface area contributed by atoms with Crippen molar-refractivity contribution in [3.63, 3.8) is 0 Å². The van der Waals surface area contributed by atoms with Crippen LogP contribution < -0.4 is 10.3 Å². The first-order valence-electron chi connectivity index (χ1n) is 17.8. The fourth-order valence-electron chi connectivity index (χ4n) is 7.71. The van der Waals surface area contributed by atoms with Crippen molar-refractivity contribution in [2.45, 2.75) is 43.9 Å². The Balaban J connectivity index is 0.924. The molecule has 2 aliphatic heterocycles. The van der Waals surface area contributed by atoms with Gasteiger partial charge in [-0.15, -0.1) is 11.3 Å². The second-order valence-corrected chi connectivity index (χ2v) is 15.1. The minimum atomic E-state index is -1.17. The number of halogens is 1. The molecule has 0 unspecified atom stereocenters. The van der Waals surface area contributed by atoms with E-state index in [0.717, 1.165) is 47.1 Å². The maximum absolute atomic E-state index is 14.2. The molecule has 2 fully saturated rings. The Bertz CT molecular complexity index is 2280. The van der Waals surface area contributed by atoms with Gasteiger partial charge in [-0.2, -0.15) is 0 Å². The minimum Gasteiger partial charge on any atom is -0.481 e. The van der Waals surface area contributed by atoms with Crippen molar-refractivity contribution >= 4 is 28.3 Å². The van der Waals surface area contributed by atoms with E-state index < -0.39 is 5.60 Å². The van der Waals surface area contributed by atoms with Crippen molar-refractivity contribution < 1.29 is 19.0 Å². The van der Waals surface area contributed by atoms with Crippen LogP contribution in [-0.2, 0) is 17.9 Å². The van der Waals surface area contributed by atoms with E-state index in [1.165, 1.54) is 23.0 Å². The first-order valence-corrected chi connectivity index (χ1v) is 18.6. The first-order chi connectivity index (χ1) is 25.8. The number of thiazole rings is 1. The molecule has 53 heavy (non-hydrogen) atoms. The Morgan fingerprint density at radius 1 is 1.00 bits per heavy atom. The molecule has 272 valence electrons. The van der Waals surface area contributed by atoms with Gasteiger partial charge in [0.2, 0.25) is 11.8 Å². The number of ether oxygens (including phenoxy) is 1. The van der Waals surface area contributed by atoms with Crippen LogP contribution in [0.3, 0.4) is 0 Å². The van der Waals surface area contributed by atoms with Crippen molar-refractivity contribution in [1.29, 1.82) is 0 Å². The van der Waals surface area contributed by atoms with Gasteiger partial charge in [-0.1, -0.05) is 36.4 Å². The number of benzene rings is 2. The van der Waals surface area contributed by atoms with Gasteiger partial charge < -0.3 is 19.3 Å². The third-order valence-electron chi connectivity index (χ3n) is 10.6. The summed E-state index contributed by atoms with van der Waals surface area (Å²) in [6.07, 6.45) is 8.26. The highest BCUT2D eigenvalue weighted by molar-refractivity contribution is 7.15. The summed E-state index contributed by atoms with van der Waals surface area (Å²) < 4.78 is 22.2. The van der Waals surface area contributed by atoms with Crippen LogP contribution in [0, 0.1) is 11.7 Å². The maximum atomic E-state index is 14.2. The molecule has 6 aromatic rings. The summed E-state index contributed by atoms with van der Waals surface area (Å²) in [5.74, 6) is 0.142. The average molecular weight is 734 g/mol. The fourth-order valence-corrected chi connectivity index (χ4v) is 8.66. The topological polar surface area (TPSA) is 119 Å². The Morgan fingerprint density at radius 3 is 2.58 bits per heavy atom. The van der Waals surface area contributed by atoms with E-state index in [2.05, 4.69) is 32.0 Å². The van der Waals surface area contributed by atoms with E-state index in [4.69, 9.17) is 4.74 Å². The number of methoxy groups -OCH3 is 1. The van der Waals surface area contributed by atoms with E-state index >= 15 is 0 Å². The largest absolute Gasteiger partial charge is 0.481 e. The molecule has 0 radical (unpaired) electrons. The number of rotatable bonds is 9. The van der Waals surface area contributed by atoms with Crippen LogP contribution in [0.1, 0.15) is 35.6 Å². The zero-order chi connectivity index (χ0) is 36.5. The summed E-state index contributed by atoms with van der Waals surface area (Å²) in [6, 6.07) is 21.8. The first kappa shape index (κ1) is 34.8. The molecule has 1 amide bonds. The minimum absolute atomic E-state index is 0.0208. The summed E-state index contributed by atoms with van der Waals surface area (Å²) >= 11 is 1.65. The summed E-state index contributed by atoms with van der Waals surface area (Å²) in [5.41, 5.74) is 1.64. The number of hydrogen-bond acceptors (Lipinski definition) is 9. The predicted octanol–water partition coefficient (Wildman–Crippen LogP) is 5.51. The molecule has 13 heteroatoms. The highest BCUT2D eigenvalue weighted by atomic mass is 32.1. The van der Waals surface area contributed by atoms with Gasteiger partial charge in [0.1, 0.15) is 17.2 Å². The van der Waals surface area contributed by atoms with Crippen molar-refractivity contribution in [2.75, 3.05) is 33.3 Å². The highest BCUT2D eigenvalue weighted by Gasteiger charge is 2.41. The van der Waals surface area contributed by atoms with Crippen LogP contribution in [0.2, 0.25) is 0 Å². The number of aliphatic hydroxyl groups is 1. The number of pyridine rings is 1. The van der Waals surface area contributed by atoms with E-state index in [1.807, 2.05) is 41.4 Å². The molecule has 0 saturated carbocycles. The highest BCUT2D eigenvalue weighted by Crippen LogP contribution is 2.37. The van der Waals surface area contributed by atoms with Crippen molar-refractivity contribution in [2.24, 2.45) is 5.92 Å². The number of piperidine rings is 2. The molecule has 0 aliphatic carbocycles. The lowest BCUT2D eigenvalue weighted by Crippen LogP contribution is -2.53. The number of fused-ring (bicyclic) bond motifs is 1. The smallest absolute Gasteiger partial charge is 0.262 e. The zero-order valence-electron chi connectivity index (χ0n) is 29.3. The monoisotopic (exact) mass is 733 g/mol. The number of amides is 1. The van der Waals surface area contributed by atoms with Gasteiger partial charge in [-0.05, 0) is 61.7 Å². The predicted molar refractivity (Wildman–Crippen MR) is 201 cm³/mol. The van der Waals surface area contributed by atoms with E-state index in [-0.39, 0.29) is 35.7 Å². The summed E-state index contributed by atoms with van der Waals surface area (Å²) in [4.78, 5) is 46.7. The molecule has 1 N–H and O–H groups in total. The maximum Gasteiger partial charge on any atom is 0.262 e. The zero-order valence-corrected chi connectivity index (χ0v) is 30.2. The third kappa shape index (κ3) is 7.24. The van der Waals surface area contributed by atoms with Crippen LogP contribution in [0.25, 0.3) is 27.3 Å². The van der Waals surface area contributed by atoms with Crippen LogP contribution in [0.5, 0.6) is 5.88 Å². The quantitative estimate of drug-likeness (QED) is 0.207. The van der Waals surface area contributed by atoms with Gasteiger partial charge in [0.25, 0.3) is 5.56 Å². The number of aromatic nitrogens is 5. The lowest BCUT2D eigenvalue weighted by atomic mass is 9.79. The second-order valence-electron chi connectivity index (χ2n) is 14.0. The van der Waals surface area contributed by atoms with Crippen LogP contribution in [0.15, 0.2) is 103 Å². The van der Waals surface area contributed by atoms with Crippen molar-refractivity contribution in [1.82, 2.24) is 33.9 Å². The number of carbonyl (C=O) groups excluding carboxylic acids is 1. The van der Waals surface area contributed by atoms with Gasteiger partial charge in [-0.25, -0.2) is 19.3 Å². The standard InChI is InChI=1S/C40H40FN7O4S/c1-52-35-11-10-28(21-42-35)37-43-22-31(53-37)23-45-16-12-32(34(24-45)27-6-3-2-4-7-27)38(49)46-18-14-40(51,15-19-46)25-47-26-44-36-33(39(47)50)13-17-48(36)30-9-5-8-29(41)20-30/h2-11,13,17,20-22,26,32,34,51H,12,14-16,18-19,23-25H2,1H3/t32-,34+/m1/s1. The number of hydrogen-bond donors (Lipinski definition) is 1. The van der Waals surface area contributed by atoms with Crippen molar-refractivity contribution in [3.8, 4) is 22.1 Å². The number of carbonyl (C=O) groups is 1. The number of nitrogens with zero attached hydrogens (tertiary/aromatic N) is 7. The summed E-state index contributed by atoms with van der Waals surface area (Å²) in [7, 11) is 1.60. The molecule has 2 aliphatic rings. The Kier molecular flexibility index (Phi) is 9.62. The third-order valence-corrected chi connectivity index (χ3v) is 11.6. The fraction of sp³-hybridized carbons (Fsp3) is 0.325. The lowest BCUT2D eigenvalue weighted by Gasteiger charge is -2.43. The Morgan fingerprint density at radius 2 is 1.83 bits per heavy atom. The molecular formula is C40H40FN7O4S. The SMILES string of the molecule is COc1ccc(-c2ncc(CN3CC[C@@H](C(=O)N4CCC(O)(Cn5cnc6c(ccn6-c6cccc(F)c6)c5=O)CC4)[C@H](c4ccccc4)C3)s2)cn1. The Hall–Kier alpha value is -5.24. The van der Waals surface area contributed by atoms with E-state index in [0.29, 0.717) is 48.5 Å². The summed E-state index contributed by atoms with van der Waals surface area (Å²) in [6.45, 7) is 3.16. The second kappa shape index (κ2) is 14.6. The summed E-state index contributed by atoms with van der Waals surface area (Å²) in [5, 5.41) is 13.0. The van der Waals surface area contributed by atoms with Crippen LogP contribution >= 0.6 is 11.3 Å². The molecular weight excluding hydrogens is 694 g/mol. The molecule has 0 spiro atoms. The molecule has 0 bridgehead atoms.